The minimum absolute atomic E-state index is 0.159. The standard InChI is InChI=1S/C13H16N2O3/c14-7-11(15-8-10-2-1-5-18-10)9-3-4-12(16)13(17)6-9/h3-4,6,10-11,15-17H,1-2,5,8H2. The fourth-order valence-corrected chi connectivity index (χ4v) is 2.01. The predicted octanol–water partition coefficient (Wildman–Crippen LogP) is 1.43. The molecular formula is C13H16N2O3. The normalized spacial score (nSPS) is 20.5. The zero-order valence-electron chi connectivity index (χ0n) is 9.97. The molecule has 5 heteroatoms. The number of ether oxygens (including phenoxy) is 1. The molecule has 0 saturated carbocycles. The number of phenolic OH excluding ortho intramolecular Hbond substituents is 2. The van der Waals surface area contributed by atoms with Gasteiger partial charge in [0, 0.05) is 13.2 Å². The van der Waals surface area contributed by atoms with E-state index in [4.69, 9.17) is 10.00 Å². The molecule has 0 amide bonds. The predicted molar refractivity (Wildman–Crippen MR) is 65.1 cm³/mol. The van der Waals surface area contributed by atoms with Crippen LogP contribution in [0.2, 0.25) is 0 Å². The van der Waals surface area contributed by atoms with Gasteiger partial charge in [-0.3, -0.25) is 5.32 Å². The van der Waals surface area contributed by atoms with Crippen LogP contribution in [0.1, 0.15) is 24.4 Å². The summed E-state index contributed by atoms with van der Waals surface area (Å²) in [4.78, 5) is 0. The van der Waals surface area contributed by atoms with Crippen LogP contribution in [0.25, 0.3) is 0 Å². The second-order valence-corrected chi connectivity index (χ2v) is 4.35. The van der Waals surface area contributed by atoms with Gasteiger partial charge in [-0.15, -0.1) is 0 Å². The van der Waals surface area contributed by atoms with Crippen molar-refractivity contribution in [3.05, 3.63) is 23.8 Å². The summed E-state index contributed by atoms with van der Waals surface area (Å²) in [5.74, 6) is -0.402. The Kier molecular flexibility index (Phi) is 4.03. The SMILES string of the molecule is N#CC(NCC1CCCO1)c1ccc(O)c(O)c1. The van der Waals surface area contributed by atoms with Gasteiger partial charge >= 0.3 is 0 Å². The van der Waals surface area contributed by atoms with E-state index in [2.05, 4.69) is 11.4 Å². The Bertz CT molecular complexity index is 450. The topological polar surface area (TPSA) is 85.5 Å². The van der Waals surface area contributed by atoms with Crippen LogP contribution in [0.15, 0.2) is 18.2 Å². The van der Waals surface area contributed by atoms with Gasteiger partial charge < -0.3 is 14.9 Å². The number of nitrogens with zero attached hydrogens (tertiary/aromatic N) is 1. The van der Waals surface area contributed by atoms with Gasteiger partial charge in [-0.05, 0) is 30.5 Å². The van der Waals surface area contributed by atoms with E-state index in [1.807, 2.05) is 0 Å². The van der Waals surface area contributed by atoms with Gasteiger partial charge in [0.1, 0.15) is 6.04 Å². The summed E-state index contributed by atoms with van der Waals surface area (Å²) < 4.78 is 5.47. The van der Waals surface area contributed by atoms with Crippen LogP contribution < -0.4 is 5.32 Å². The van der Waals surface area contributed by atoms with Crippen molar-refractivity contribution in [3.8, 4) is 17.6 Å². The van der Waals surface area contributed by atoms with E-state index >= 15 is 0 Å². The number of benzene rings is 1. The molecule has 2 rings (SSSR count). The quantitative estimate of drug-likeness (QED) is 0.702. The molecule has 0 spiro atoms. The average Bonchev–Trinajstić information content (AvgIpc) is 2.87. The number of aromatic hydroxyl groups is 2. The molecule has 1 aromatic carbocycles. The summed E-state index contributed by atoms with van der Waals surface area (Å²) in [5, 5.41) is 30.9. The van der Waals surface area contributed by atoms with Gasteiger partial charge in [0.05, 0.1) is 12.2 Å². The minimum Gasteiger partial charge on any atom is -0.504 e. The van der Waals surface area contributed by atoms with Crippen molar-refractivity contribution in [2.45, 2.75) is 25.0 Å². The van der Waals surface area contributed by atoms with Gasteiger partial charge in [0.25, 0.3) is 0 Å². The van der Waals surface area contributed by atoms with E-state index in [0.29, 0.717) is 12.1 Å². The first kappa shape index (κ1) is 12.7. The molecule has 1 aromatic rings. The highest BCUT2D eigenvalue weighted by atomic mass is 16.5. The Morgan fingerprint density at radius 2 is 2.28 bits per heavy atom. The number of phenols is 2. The smallest absolute Gasteiger partial charge is 0.157 e. The maximum Gasteiger partial charge on any atom is 0.157 e. The third-order valence-electron chi connectivity index (χ3n) is 3.04. The van der Waals surface area contributed by atoms with Crippen molar-refractivity contribution in [1.29, 1.82) is 5.26 Å². The Morgan fingerprint density at radius 1 is 1.44 bits per heavy atom. The van der Waals surface area contributed by atoms with Crippen molar-refractivity contribution in [2.24, 2.45) is 0 Å². The molecule has 1 heterocycles. The third-order valence-corrected chi connectivity index (χ3v) is 3.04. The largest absolute Gasteiger partial charge is 0.504 e. The number of hydrogen-bond donors (Lipinski definition) is 3. The minimum atomic E-state index is -0.513. The highest BCUT2D eigenvalue weighted by Crippen LogP contribution is 2.27. The molecule has 2 unspecified atom stereocenters. The molecule has 0 bridgehead atoms. The molecule has 5 nitrogen and oxygen atoms in total. The highest BCUT2D eigenvalue weighted by molar-refractivity contribution is 5.42. The summed E-state index contributed by atoms with van der Waals surface area (Å²) in [6.45, 7) is 1.39. The Balaban J connectivity index is 1.99. The van der Waals surface area contributed by atoms with Gasteiger partial charge in [-0.25, -0.2) is 0 Å². The highest BCUT2D eigenvalue weighted by Gasteiger charge is 2.18. The molecule has 3 N–H and O–H groups in total. The first-order valence-corrected chi connectivity index (χ1v) is 5.97. The molecule has 1 saturated heterocycles. The monoisotopic (exact) mass is 248 g/mol. The zero-order chi connectivity index (χ0) is 13.0. The fourth-order valence-electron chi connectivity index (χ4n) is 2.01. The molecule has 18 heavy (non-hydrogen) atoms. The fraction of sp³-hybridized carbons (Fsp3) is 0.462. The first-order valence-electron chi connectivity index (χ1n) is 5.97. The van der Waals surface area contributed by atoms with Crippen molar-refractivity contribution in [1.82, 2.24) is 5.32 Å². The van der Waals surface area contributed by atoms with Crippen LogP contribution in [0.4, 0.5) is 0 Å². The second-order valence-electron chi connectivity index (χ2n) is 4.35. The Morgan fingerprint density at radius 3 is 2.89 bits per heavy atom. The van der Waals surface area contributed by atoms with E-state index in [-0.39, 0.29) is 17.6 Å². The summed E-state index contributed by atoms with van der Waals surface area (Å²) >= 11 is 0. The van der Waals surface area contributed by atoms with Crippen molar-refractivity contribution in [2.75, 3.05) is 13.2 Å². The number of rotatable bonds is 4. The summed E-state index contributed by atoms with van der Waals surface area (Å²) in [6.07, 6.45) is 2.22. The molecule has 2 atom stereocenters. The zero-order valence-corrected chi connectivity index (χ0v) is 9.97. The summed E-state index contributed by atoms with van der Waals surface area (Å²) in [6, 6.07) is 6.01. The van der Waals surface area contributed by atoms with Crippen LogP contribution >= 0.6 is 0 Å². The molecule has 0 aromatic heterocycles. The molecule has 1 fully saturated rings. The maximum absolute atomic E-state index is 9.41. The number of nitriles is 1. The van der Waals surface area contributed by atoms with Gasteiger partial charge in [0.15, 0.2) is 11.5 Å². The van der Waals surface area contributed by atoms with Crippen LogP contribution in [-0.2, 0) is 4.74 Å². The van der Waals surface area contributed by atoms with Crippen LogP contribution in [0, 0.1) is 11.3 Å². The molecule has 0 aliphatic carbocycles. The van der Waals surface area contributed by atoms with Gasteiger partial charge in [-0.2, -0.15) is 5.26 Å². The van der Waals surface area contributed by atoms with E-state index in [0.717, 1.165) is 19.4 Å². The van der Waals surface area contributed by atoms with Gasteiger partial charge in [-0.1, -0.05) is 6.07 Å². The Hall–Kier alpha value is -1.77. The van der Waals surface area contributed by atoms with E-state index in [1.54, 1.807) is 6.07 Å². The lowest BCUT2D eigenvalue weighted by Gasteiger charge is -2.15. The van der Waals surface area contributed by atoms with Crippen molar-refractivity contribution < 1.29 is 14.9 Å². The lowest BCUT2D eigenvalue weighted by atomic mass is 10.1. The molecular weight excluding hydrogens is 232 g/mol. The van der Waals surface area contributed by atoms with Crippen molar-refractivity contribution >= 4 is 0 Å². The maximum atomic E-state index is 9.41. The molecule has 96 valence electrons. The first-order chi connectivity index (χ1) is 8.70. The molecule has 1 aliphatic rings. The number of nitrogens with one attached hydrogen (secondary N) is 1. The van der Waals surface area contributed by atoms with E-state index in [9.17, 15) is 10.2 Å². The second kappa shape index (κ2) is 5.71. The lowest BCUT2D eigenvalue weighted by Crippen LogP contribution is -2.29. The van der Waals surface area contributed by atoms with E-state index in [1.165, 1.54) is 12.1 Å². The number of hydrogen-bond acceptors (Lipinski definition) is 5. The van der Waals surface area contributed by atoms with Crippen LogP contribution in [0.3, 0.4) is 0 Å². The average molecular weight is 248 g/mol. The summed E-state index contributed by atoms with van der Waals surface area (Å²) in [5.41, 5.74) is 0.630. The summed E-state index contributed by atoms with van der Waals surface area (Å²) in [7, 11) is 0. The van der Waals surface area contributed by atoms with E-state index < -0.39 is 6.04 Å². The molecule has 1 aliphatic heterocycles. The van der Waals surface area contributed by atoms with Crippen LogP contribution in [0.5, 0.6) is 11.5 Å². The van der Waals surface area contributed by atoms with Gasteiger partial charge in [0.2, 0.25) is 0 Å². The van der Waals surface area contributed by atoms with Crippen molar-refractivity contribution in [3.63, 3.8) is 0 Å². The molecule has 0 radical (unpaired) electrons. The third kappa shape index (κ3) is 2.92. The lowest BCUT2D eigenvalue weighted by molar-refractivity contribution is 0.109. The Labute approximate surface area is 106 Å². The van der Waals surface area contributed by atoms with Crippen LogP contribution in [-0.4, -0.2) is 29.5 Å².